The van der Waals surface area contributed by atoms with E-state index in [-0.39, 0.29) is 10.6 Å². The largest absolute Gasteiger partial charge is 0.298 e. The molecule has 0 saturated carbocycles. The lowest BCUT2D eigenvalue weighted by molar-refractivity contribution is 0.102. The number of hydrogen-bond donors (Lipinski definition) is 2. The number of rotatable bonds is 6. The highest BCUT2D eigenvalue weighted by Gasteiger charge is 2.16. The number of nitrogens with one attached hydrogen (secondary N) is 2. The van der Waals surface area contributed by atoms with E-state index in [2.05, 4.69) is 15.0 Å². The van der Waals surface area contributed by atoms with Crippen molar-refractivity contribution in [2.24, 2.45) is 0 Å². The number of hydrogen-bond acceptors (Lipinski definition) is 5. The standard InChI is InChI=1S/C26H18ClN3O3S2/c27-19-11-13-21(14-12-19)35(32,33)30-20-8-3-7-18(15-20)25(31)29-26-28-24(16-34-26)23-10-4-6-17-5-1-2-9-22(17)23/h1-16,30H,(H,28,29,31). The number of fused-ring (bicyclic) bond motifs is 1. The number of carbonyl (C=O) groups excluding carboxylic acids is 1. The second kappa shape index (κ2) is 9.50. The maximum absolute atomic E-state index is 12.9. The first kappa shape index (κ1) is 23.0. The molecule has 5 aromatic rings. The summed E-state index contributed by atoms with van der Waals surface area (Å²) in [4.78, 5) is 17.5. The molecule has 0 unspecified atom stereocenters. The molecule has 0 aliphatic carbocycles. The fourth-order valence-corrected chi connectivity index (χ4v) is 5.51. The van der Waals surface area contributed by atoms with Crippen molar-refractivity contribution in [1.29, 1.82) is 0 Å². The van der Waals surface area contributed by atoms with E-state index < -0.39 is 15.9 Å². The molecule has 4 aromatic carbocycles. The average molecular weight is 520 g/mol. The molecule has 0 bridgehead atoms. The Bertz CT molecular complexity index is 1640. The lowest BCUT2D eigenvalue weighted by atomic mass is 10.0. The number of aromatic nitrogens is 1. The monoisotopic (exact) mass is 519 g/mol. The summed E-state index contributed by atoms with van der Waals surface area (Å²) in [5.74, 6) is -0.392. The molecule has 174 valence electrons. The van der Waals surface area contributed by atoms with Crippen LogP contribution in [0.4, 0.5) is 10.8 Å². The first-order valence-corrected chi connectivity index (χ1v) is 13.3. The molecule has 0 saturated heterocycles. The van der Waals surface area contributed by atoms with Crippen LogP contribution in [0.1, 0.15) is 10.4 Å². The van der Waals surface area contributed by atoms with Crippen molar-refractivity contribution in [2.45, 2.75) is 4.90 Å². The predicted molar refractivity (Wildman–Crippen MR) is 142 cm³/mol. The molecule has 0 fully saturated rings. The van der Waals surface area contributed by atoms with Crippen LogP contribution in [0.25, 0.3) is 22.0 Å². The van der Waals surface area contributed by atoms with Gasteiger partial charge in [0.1, 0.15) is 0 Å². The lowest BCUT2D eigenvalue weighted by Crippen LogP contribution is -2.15. The Kier molecular flexibility index (Phi) is 6.25. The smallest absolute Gasteiger partial charge is 0.261 e. The number of halogens is 1. The average Bonchev–Trinajstić information content (AvgIpc) is 3.32. The van der Waals surface area contributed by atoms with E-state index in [1.165, 1.54) is 41.7 Å². The number of benzene rings is 4. The van der Waals surface area contributed by atoms with Gasteiger partial charge in [-0.1, -0.05) is 60.1 Å². The van der Waals surface area contributed by atoms with Crippen molar-refractivity contribution < 1.29 is 13.2 Å². The van der Waals surface area contributed by atoms with Crippen LogP contribution in [0.15, 0.2) is 101 Å². The number of amides is 1. The van der Waals surface area contributed by atoms with Crippen molar-refractivity contribution in [2.75, 3.05) is 10.0 Å². The van der Waals surface area contributed by atoms with Gasteiger partial charge in [0.15, 0.2) is 5.13 Å². The van der Waals surface area contributed by atoms with Crippen LogP contribution >= 0.6 is 22.9 Å². The van der Waals surface area contributed by atoms with Gasteiger partial charge in [-0.25, -0.2) is 13.4 Å². The highest BCUT2D eigenvalue weighted by molar-refractivity contribution is 7.92. The Morgan fingerprint density at radius 3 is 2.46 bits per heavy atom. The molecule has 0 radical (unpaired) electrons. The summed E-state index contributed by atoms with van der Waals surface area (Å²) in [5, 5.41) is 7.78. The van der Waals surface area contributed by atoms with Gasteiger partial charge in [-0.15, -0.1) is 11.3 Å². The highest BCUT2D eigenvalue weighted by atomic mass is 35.5. The molecule has 1 amide bonds. The van der Waals surface area contributed by atoms with Crippen molar-refractivity contribution in [3.8, 4) is 11.3 Å². The number of carbonyl (C=O) groups is 1. The summed E-state index contributed by atoms with van der Waals surface area (Å²) in [6.07, 6.45) is 0. The highest BCUT2D eigenvalue weighted by Crippen LogP contribution is 2.31. The van der Waals surface area contributed by atoms with Crippen molar-refractivity contribution in [3.63, 3.8) is 0 Å². The van der Waals surface area contributed by atoms with Crippen LogP contribution in [-0.2, 0) is 10.0 Å². The first-order valence-electron chi connectivity index (χ1n) is 10.5. The number of sulfonamides is 1. The van der Waals surface area contributed by atoms with Crippen LogP contribution in [0.2, 0.25) is 5.02 Å². The Balaban J connectivity index is 1.34. The first-order chi connectivity index (χ1) is 16.9. The minimum Gasteiger partial charge on any atom is -0.298 e. The maximum Gasteiger partial charge on any atom is 0.261 e. The van der Waals surface area contributed by atoms with Gasteiger partial charge in [-0.05, 0) is 53.2 Å². The zero-order valence-corrected chi connectivity index (χ0v) is 20.5. The lowest BCUT2D eigenvalue weighted by Gasteiger charge is -2.09. The van der Waals surface area contributed by atoms with Gasteiger partial charge in [0, 0.05) is 27.2 Å². The molecular weight excluding hydrogens is 502 g/mol. The van der Waals surface area contributed by atoms with Gasteiger partial charge < -0.3 is 0 Å². The fourth-order valence-electron chi connectivity index (χ4n) is 3.62. The third kappa shape index (κ3) is 5.05. The molecule has 1 heterocycles. The zero-order valence-electron chi connectivity index (χ0n) is 18.1. The summed E-state index contributed by atoms with van der Waals surface area (Å²) in [5.41, 5.74) is 2.32. The van der Waals surface area contributed by atoms with Crippen LogP contribution in [0.5, 0.6) is 0 Å². The summed E-state index contributed by atoms with van der Waals surface area (Å²) < 4.78 is 27.8. The molecule has 9 heteroatoms. The van der Waals surface area contributed by atoms with Gasteiger partial charge in [-0.3, -0.25) is 14.8 Å². The molecule has 6 nitrogen and oxygen atoms in total. The summed E-state index contributed by atoms with van der Waals surface area (Å²) in [6, 6.07) is 26.2. The number of thiazole rings is 1. The van der Waals surface area contributed by atoms with E-state index in [0.29, 0.717) is 15.7 Å². The van der Waals surface area contributed by atoms with E-state index in [1.807, 2.05) is 47.8 Å². The molecule has 35 heavy (non-hydrogen) atoms. The van der Waals surface area contributed by atoms with E-state index >= 15 is 0 Å². The van der Waals surface area contributed by atoms with Gasteiger partial charge >= 0.3 is 0 Å². The normalized spacial score (nSPS) is 11.3. The predicted octanol–water partition coefficient (Wildman–Crippen LogP) is 6.67. The third-order valence-electron chi connectivity index (χ3n) is 5.29. The van der Waals surface area contributed by atoms with E-state index in [4.69, 9.17) is 11.6 Å². The van der Waals surface area contributed by atoms with Gasteiger partial charge in [0.2, 0.25) is 0 Å². The molecular formula is C26H18ClN3O3S2. The Hall–Kier alpha value is -3.72. The van der Waals surface area contributed by atoms with Crippen LogP contribution in [0.3, 0.4) is 0 Å². The third-order valence-corrected chi connectivity index (χ3v) is 7.70. The summed E-state index contributed by atoms with van der Waals surface area (Å²) >= 11 is 7.17. The van der Waals surface area contributed by atoms with Crippen LogP contribution < -0.4 is 10.0 Å². The molecule has 0 aliphatic heterocycles. The molecule has 0 aliphatic rings. The molecule has 5 rings (SSSR count). The van der Waals surface area contributed by atoms with Gasteiger partial charge in [0.05, 0.1) is 10.6 Å². The second-order valence-corrected chi connectivity index (χ2v) is 10.6. The minimum absolute atomic E-state index is 0.0699. The summed E-state index contributed by atoms with van der Waals surface area (Å²) in [7, 11) is -3.83. The molecule has 0 spiro atoms. The van der Waals surface area contributed by atoms with E-state index in [1.54, 1.807) is 18.2 Å². The molecule has 0 atom stereocenters. The fraction of sp³-hybridized carbons (Fsp3) is 0. The van der Waals surface area contributed by atoms with E-state index in [0.717, 1.165) is 22.0 Å². The number of nitrogens with zero attached hydrogens (tertiary/aromatic N) is 1. The van der Waals surface area contributed by atoms with Crippen LogP contribution in [-0.4, -0.2) is 19.3 Å². The Morgan fingerprint density at radius 2 is 1.63 bits per heavy atom. The van der Waals surface area contributed by atoms with Crippen LogP contribution in [0, 0.1) is 0 Å². The quantitative estimate of drug-likeness (QED) is 0.262. The SMILES string of the molecule is O=C(Nc1nc(-c2cccc3ccccc23)cs1)c1cccc(NS(=O)(=O)c2ccc(Cl)cc2)c1. The van der Waals surface area contributed by atoms with Gasteiger partial charge in [-0.2, -0.15) is 0 Å². The Labute approximate surface area is 211 Å². The summed E-state index contributed by atoms with van der Waals surface area (Å²) in [6.45, 7) is 0. The Morgan fingerprint density at radius 1 is 0.886 bits per heavy atom. The maximum atomic E-state index is 12.9. The molecule has 2 N–H and O–H groups in total. The van der Waals surface area contributed by atoms with Crippen molar-refractivity contribution in [1.82, 2.24) is 4.98 Å². The second-order valence-electron chi connectivity index (χ2n) is 7.66. The van der Waals surface area contributed by atoms with E-state index in [9.17, 15) is 13.2 Å². The topological polar surface area (TPSA) is 88.2 Å². The zero-order chi connectivity index (χ0) is 24.4. The van der Waals surface area contributed by atoms with Crippen molar-refractivity contribution >= 4 is 60.5 Å². The van der Waals surface area contributed by atoms with Crippen molar-refractivity contribution in [3.05, 3.63) is 107 Å². The number of anilines is 2. The minimum atomic E-state index is -3.83. The molecule has 1 aromatic heterocycles. The van der Waals surface area contributed by atoms with Gasteiger partial charge in [0.25, 0.3) is 15.9 Å².